The lowest BCUT2D eigenvalue weighted by Crippen LogP contribution is -2.44. The molecule has 0 radical (unpaired) electrons. The summed E-state index contributed by atoms with van der Waals surface area (Å²) in [7, 11) is 0. The highest BCUT2D eigenvalue weighted by atomic mass is 32.1. The van der Waals surface area contributed by atoms with E-state index in [1.54, 1.807) is 6.07 Å². The third kappa shape index (κ3) is 3.49. The van der Waals surface area contributed by atoms with Crippen LogP contribution in [0.5, 0.6) is 0 Å². The zero-order valence-corrected chi connectivity index (χ0v) is 15.7. The van der Waals surface area contributed by atoms with Crippen molar-refractivity contribution in [3.8, 4) is 16.5 Å². The van der Waals surface area contributed by atoms with Gasteiger partial charge < -0.3 is 15.3 Å². The van der Waals surface area contributed by atoms with Crippen LogP contribution in [-0.2, 0) is 0 Å². The topological polar surface area (TPSA) is 89.3 Å². The highest BCUT2D eigenvalue weighted by molar-refractivity contribution is 7.22. The Labute approximate surface area is 164 Å². The van der Waals surface area contributed by atoms with Crippen LogP contribution in [-0.4, -0.2) is 40.2 Å². The van der Waals surface area contributed by atoms with Crippen LogP contribution in [0.25, 0.3) is 20.5 Å². The van der Waals surface area contributed by atoms with Crippen LogP contribution in [0.4, 0.5) is 15.0 Å². The zero-order valence-electron chi connectivity index (χ0n) is 14.9. The van der Waals surface area contributed by atoms with E-state index < -0.39 is 6.09 Å². The molecule has 8 heteroatoms. The SMILES string of the molecule is N#Cc1cnc(N[C@H]2CCCN(C(=O)O)C2)c2sc(-c3cccc(F)c3)cc12. The molecule has 1 fully saturated rings. The van der Waals surface area contributed by atoms with E-state index in [1.165, 1.54) is 34.6 Å². The van der Waals surface area contributed by atoms with Gasteiger partial charge >= 0.3 is 6.09 Å². The van der Waals surface area contributed by atoms with E-state index in [1.807, 2.05) is 12.1 Å². The molecule has 0 aliphatic carbocycles. The lowest BCUT2D eigenvalue weighted by Gasteiger charge is -2.31. The molecule has 0 spiro atoms. The number of pyridine rings is 1. The molecule has 0 bridgehead atoms. The van der Waals surface area contributed by atoms with Crippen molar-refractivity contribution in [2.24, 2.45) is 0 Å². The quantitative estimate of drug-likeness (QED) is 0.679. The number of fused-ring (bicyclic) bond motifs is 1. The number of anilines is 1. The van der Waals surface area contributed by atoms with Gasteiger partial charge in [-0.1, -0.05) is 12.1 Å². The summed E-state index contributed by atoms with van der Waals surface area (Å²) < 4.78 is 14.4. The number of hydrogen-bond donors (Lipinski definition) is 2. The Bertz CT molecular complexity index is 1090. The number of halogens is 1. The maximum absolute atomic E-state index is 13.6. The van der Waals surface area contributed by atoms with Gasteiger partial charge in [0, 0.05) is 35.6 Å². The summed E-state index contributed by atoms with van der Waals surface area (Å²) in [5.74, 6) is 0.307. The highest BCUT2D eigenvalue weighted by Gasteiger charge is 2.24. The molecular formula is C20H17FN4O2S. The van der Waals surface area contributed by atoms with Gasteiger partial charge in [-0.15, -0.1) is 11.3 Å². The van der Waals surface area contributed by atoms with Crippen LogP contribution in [0.1, 0.15) is 18.4 Å². The molecule has 1 amide bonds. The second-order valence-electron chi connectivity index (χ2n) is 6.71. The maximum atomic E-state index is 13.6. The average molecular weight is 396 g/mol. The lowest BCUT2D eigenvalue weighted by molar-refractivity contribution is 0.133. The number of hydrogen-bond acceptors (Lipinski definition) is 5. The first-order chi connectivity index (χ1) is 13.5. The molecule has 1 atom stereocenters. The van der Waals surface area contributed by atoms with Crippen LogP contribution < -0.4 is 5.32 Å². The van der Waals surface area contributed by atoms with Crippen LogP contribution in [0.2, 0.25) is 0 Å². The van der Waals surface area contributed by atoms with Crippen molar-refractivity contribution in [2.45, 2.75) is 18.9 Å². The molecule has 2 N–H and O–H groups in total. The van der Waals surface area contributed by atoms with Gasteiger partial charge in [0.15, 0.2) is 0 Å². The van der Waals surface area contributed by atoms with Gasteiger partial charge in [-0.25, -0.2) is 14.2 Å². The van der Waals surface area contributed by atoms with Crippen LogP contribution in [0, 0.1) is 17.1 Å². The minimum atomic E-state index is -0.922. The molecule has 1 aliphatic rings. The number of thiophene rings is 1. The summed E-state index contributed by atoms with van der Waals surface area (Å²) in [6, 6.07) is 10.3. The molecule has 1 aliphatic heterocycles. The normalized spacial score (nSPS) is 16.7. The fourth-order valence-corrected chi connectivity index (χ4v) is 4.59. The number of nitriles is 1. The van der Waals surface area contributed by atoms with Crippen molar-refractivity contribution in [3.63, 3.8) is 0 Å². The van der Waals surface area contributed by atoms with Gasteiger partial charge in [0.1, 0.15) is 17.7 Å². The van der Waals surface area contributed by atoms with Gasteiger partial charge in [-0.2, -0.15) is 5.26 Å². The van der Waals surface area contributed by atoms with E-state index in [-0.39, 0.29) is 11.9 Å². The average Bonchev–Trinajstić information content (AvgIpc) is 3.14. The monoisotopic (exact) mass is 396 g/mol. The van der Waals surface area contributed by atoms with Crippen molar-refractivity contribution in [3.05, 3.63) is 47.9 Å². The maximum Gasteiger partial charge on any atom is 0.407 e. The Balaban J connectivity index is 1.71. The van der Waals surface area contributed by atoms with Gasteiger partial charge in [0.05, 0.1) is 10.3 Å². The van der Waals surface area contributed by atoms with Crippen molar-refractivity contribution >= 4 is 33.3 Å². The third-order valence-corrected chi connectivity index (χ3v) is 6.01. The predicted octanol–water partition coefficient (Wildman–Crippen LogP) is 4.53. The summed E-state index contributed by atoms with van der Waals surface area (Å²) in [6.45, 7) is 0.924. The summed E-state index contributed by atoms with van der Waals surface area (Å²) in [4.78, 5) is 17.9. The van der Waals surface area contributed by atoms with E-state index in [0.29, 0.717) is 24.5 Å². The van der Waals surface area contributed by atoms with Gasteiger partial charge in [-0.05, 0) is 36.6 Å². The number of carbonyl (C=O) groups is 1. The fraction of sp³-hybridized carbons (Fsp3) is 0.250. The number of benzene rings is 1. The molecule has 0 saturated carbocycles. The Hall–Kier alpha value is -3.18. The minimum Gasteiger partial charge on any atom is -0.465 e. The Morgan fingerprint density at radius 3 is 3.04 bits per heavy atom. The van der Waals surface area contributed by atoms with Crippen molar-refractivity contribution < 1.29 is 14.3 Å². The van der Waals surface area contributed by atoms with E-state index >= 15 is 0 Å². The van der Waals surface area contributed by atoms with Crippen molar-refractivity contribution in [2.75, 3.05) is 18.4 Å². The minimum absolute atomic E-state index is 0.0480. The summed E-state index contributed by atoms with van der Waals surface area (Å²) in [6.07, 6.45) is 2.22. The molecule has 3 heterocycles. The van der Waals surface area contributed by atoms with E-state index in [2.05, 4.69) is 16.4 Å². The van der Waals surface area contributed by atoms with Gasteiger partial charge in [0.2, 0.25) is 0 Å². The number of amides is 1. The number of nitrogens with zero attached hydrogens (tertiary/aromatic N) is 3. The molecular weight excluding hydrogens is 379 g/mol. The first-order valence-corrected chi connectivity index (χ1v) is 9.70. The molecule has 3 aromatic rings. The molecule has 0 unspecified atom stereocenters. The zero-order chi connectivity index (χ0) is 19.7. The standard InChI is InChI=1S/C20H17FN4O2S/c21-14-4-1-3-12(7-14)17-8-16-13(9-22)10-23-19(18(16)28-17)24-15-5-2-6-25(11-15)20(26)27/h1,3-4,7-8,10,15H,2,5-6,11H2,(H,23,24)(H,26,27)/t15-/m0/s1. The Morgan fingerprint density at radius 1 is 1.43 bits per heavy atom. The number of carboxylic acid groups (broad SMARTS) is 1. The number of likely N-dealkylation sites (tertiary alicyclic amines) is 1. The Morgan fingerprint density at radius 2 is 2.29 bits per heavy atom. The van der Waals surface area contributed by atoms with Crippen LogP contribution >= 0.6 is 11.3 Å². The number of aromatic nitrogens is 1. The van der Waals surface area contributed by atoms with Crippen LogP contribution in [0.15, 0.2) is 36.5 Å². The lowest BCUT2D eigenvalue weighted by atomic mass is 10.1. The van der Waals surface area contributed by atoms with Crippen molar-refractivity contribution in [1.29, 1.82) is 5.26 Å². The first kappa shape index (κ1) is 18.2. The van der Waals surface area contributed by atoms with E-state index in [9.17, 15) is 19.6 Å². The van der Waals surface area contributed by atoms with E-state index in [0.717, 1.165) is 33.4 Å². The van der Waals surface area contributed by atoms with Crippen molar-refractivity contribution in [1.82, 2.24) is 9.88 Å². The first-order valence-electron chi connectivity index (χ1n) is 8.88. The molecule has 1 aromatic carbocycles. The number of piperidine rings is 1. The second kappa shape index (κ2) is 7.44. The number of nitrogens with one attached hydrogen (secondary N) is 1. The molecule has 142 valence electrons. The molecule has 6 nitrogen and oxygen atoms in total. The summed E-state index contributed by atoms with van der Waals surface area (Å²) in [5, 5.41) is 22.8. The Kier molecular flexibility index (Phi) is 4.84. The fourth-order valence-electron chi connectivity index (χ4n) is 3.46. The smallest absolute Gasteiger partial charge is 0.407 e. The molecule has 4 rings (SSSR count). The largest absolute Gasteiger partial charge is 0.465 e. The molecule has 28 heavy (non-hydrogen) atoms. The number of rotatable bonds is 3. The third-order valence-electron chi connectivity index (χ3n) is 4.82. The second-order valence-corrected chi connectivity index (χ2v) is 7.76. The molecule has 1 saturated heterocycles. The van der Waals surface area contributed by atoms with Crippen LogP contribution in [0.3, 0.4) is 0 Å². The highest BCUT2D eigenvalue weighted by Crippen LogP contribution is 2.38. The van der Waals surface area contributed by atoms with E-state index in [4.69, 9.17) is 0 Å². The van der Waals surface area contributed by atoms with Gasteiger partial charge in [-0.3, -0.25) is 0 Å². The summed E-state index contributed by atoms with van der Waals surface area (Å²) in [5.41, 5.74) is 1.20. The predicted molar refractivity (Wildman–Crippen MR) is 106 cm³/mol. The van der Waals surface area contributed by atoms with Gasteiger partial charge in [0.25, 0.3) is 0 Å². The summed E-state index contributed by atoms with van der Waals surface area (Å²) >= 11 is 1.44. The molecule has 2 aromatic heterocycles.